The standard InChI is InChI=1S/C40H63N4O10/c1-3-5-7-9-11-21-41-36(50)23-32-13-15-34(16-14-32)25-43(52)40(29-48,30-49)31-54-38(44(53)39(26-45,27-46)28-47)35-19-17-33(18-20-35)24-37(51)42-22-12-10-8-6-4-2/h13-20,25,38,45-49H,3-12,21-24,26-31H2,1-2H3,(H,41,50)(H,42,51)/b43-25-. The van der Waals surface area contributed by atoms with Crippen LogP contribution in [0.1, 0.15) is 107 Å². The maximum atomic E-state index is 13.7. The molecule has 7 N–H and O–H groups in total. The largest absolute Gasteiger partial charge is 0.623 e. The number of hydrogen-bond donors (Lipinski definition) is 7. The van der Waals surface area contributed by atoms with E-state index in [1.54, 1.807) is 36.4 Å². The average Bonchev–Trinajstić information content (AvgIpc) is 3.18. The van der Waals surface area contributed by atoms with Crippen LogP contribution in [0.15, 0.2) is 48.5 Å². The van der Waals surface area contributed by atoms with Gasteiger partial charge in [0.05, 0.1) is 32.7 Å². The number of hydroxylamine groups is 3. The molecule has 1 unspecified atom stereocenters. The van der Waals surface area contributed by atoms with Crippen LogP contribution in [-0.2, 0) is 32.4 Å². The minimum absolute atomic E-state index is 0.0855. The third-order valence-electron chi connectivity index (χ3n) is 9.57. The lowest BCUT2D eigenvalue weighted by Gasteiger charge is -2.39. The van der Waals surface area contributed by atoms with E-state index < -0.39 is 56.9 Å². The summed E-state index contributed by atoms with van der Waals surface area (Å²) in [5, 5.41) is 83.9. The summed E-state index contributed by atoms with van der Waals surface area (Å²) in [6.45, 7) is 0.183. The highest BCUT2D eigenvalue weighted by Gasteiger charge is 2.45. The van der Waals surface area contributed by atoms with Crippen LogP contribution >= 0.6 is 0 Å². The molecule has 0 aliphatic heterocycles. The molecule has 0 spiro atoms. The van der Waals surface area contributed by atoms with Gasteiger partial charge in [0.1, 0.15) is 25.4 Å². The molecule has 0 aliphatic carbocycles. The van der Waals surface area contributed by atoms with Crippen molar-refractivity contribution in [2.75, 3.05) is 52.7 Å². The molecule has 0 aromatic heterocycles. The van der Waals surface area contributed by atoms with Gasteiger partial charge < -0.3 is 46.1 Å². The topological polar surface area (TPSA) is 218 Å². The number of hydrogen-bond acceptors (Lipinski definition) is 10. The zero-order chi connectivity index (χ0) is 39.8. The van der Waals surface area contributed by atoms with E-state index in [0.717, 1.165) is 69.6 Å². The number of ether oxygens (including phenoxy) is 1. The van der Waals surface area contributed by atoms with Crippen LogP contribution in [0.2, 0.25) is 0 Å². The van der Waals surface area contributed by atoms with Crippen molar-refractivity contribution in [3.8, 4) is 0 Å². The summed E-state index contributed by atoms with van der Waals surface area (Å²) < 4.78 is 6.25. The smallest absolute Gasteiger partial charge is 0.241 e. The number of benzene rings is 2. The Morgan fingerprint density at radius 1 is 0.722 bits per heavy atom. The van der Waals surface area contributed by atoms with Crippen molar-refractivity contribution < 1.29 is 49.8 Å². The van der Waals surface area contributed by atoms with Crippen LogP contribution in [0, 0.1) is 5.21 Å². The maximum absolute atomic E-state index is 13.7. The Kier molecular flexibility index (Phi) is 22.1. The Morgan fingerprint density at radius 2 is 1.17 bits per heavy atom. The first-order chi connectivity index (χ1) is 26.1. The van der Waals surface area contributed by atoms with E-state index in [-0.39, 0.29) is 35.3 Å². The van der Waals surface area contributed by atoms with Crippen LogP contribution in [-0.4, -0.2) is 117 Å². The van der Waals surface area contributed by atoms with E-state index in [1.165, 1.54) is 18.6 Å². The van der Waals surface area contributed by atoms with Gasteiger partial charge in [-0.1, -0.05) is 102 Å². The normalized spacial score (nSPS) is 12.9. The number of rotatable bonds is 29. The lowest BCUT2D eigenvalue weighted by Crippen LogP contribution is -2.58. The molecular formula is C40H63N4O10. The molecule has 0 saturated carbocycles. The zero-order valence-corrected chi connectivity index (χ0v) is 32.1. The predicted molar refractivity (Wildman–Crippen MR) is 205 cm³/mol. The maximum Gasteiger partial charge on any atom is 0.241 e. The second-order valence-electron chi connectivity index (χ2n) is 14.0. The van der Waals surface area contributed by atoms with Crippen LogP contribution in [0.5, 0.6) is 0 Å². The summed E-state index contributed by atoms with van der Waals surface area (Å²) in [6, 6.07) is 12.9. The van der Waals surface area contributed by atoms with Gasteiger partial charge in [-0.2, -0.15) is 4.74 Å². The molecule has 2 aromatic carbocycles. The summed E-state index contributed by atoms with van der Waals surface area (Å²) in [5.74, 6) is -0.273. The lowest BCUT2D eigenvalue weighted by molar-refractivity contribution is -0.561. The quantitative estimate of drug-likeness (QED) is 0.0161. The molecule has 0 bridgehead atoms. The van der Waals surface area contributed by atoms with Crippen molar-refractivity contribution in [3.05, 3.63) is 76.0 Å². The molecule has 0 saturated heterocycles. The van der Waals surface area contributed by atoms with E-state index >= 15 is 0 Å². The predicted octanol–water partition coefficient (Wildman–Crippen LogP) is 2.68. The van der Waals surface area contributed by atoms with Crippen molar-refractivity contribution in [3.63, 3.8) is 0 Å². The van der Waals surface area contributed by atoms with Gasteiger partial charge in [0, 0.05) is 18.7 Å². The van der Waals surface area contributed by atoms with E-state index in [4.69, 9.17) is 4.74 Å². The molecule has 303 valence electrons. The van der Waals surface area contributed by atoms with Gasteiger partial charge in [-0.15, -0.1) is 10.3 Å². The van der Waals surface area contributed by atoms with E-state index in [0.29, 0.717) is 29.0 Å². The van der Waals surface area contributed by atoms with Crippen molar-refractivity contribution in [1.29, 1.82) is 0 Å². The minimum atomic E-state index is -2.09. The van der Waals surface area contributed by atoms with Gasteiger partial charge in [0.25, 0.3) is 0 Å². The van der Waals surface area contributed by atoms with Crippen LogP contribution in [0.4, 0.5) is 0 Å². The number of carbonyl (C=O) groups excluding carboxylic acids is 2. The van der Waals surface area contributed by atoms with Crippen molar-refractivity contribution in [2.24, 2.45) is 0 Å². The van der Waals surface area contributed by atoms with Gasteiger partial charge in [-0.25, -0.2) is 0 Å². The third kappa shape index (κ3) is 15.0. The molecule has 54 heavy (non-hydrogen) atoms. The Morgan fingerprint density at radius 3 is 1.59 bits per heavy atom. The average molecular weight is 760 g/mol. The Labute approximate surface area is 320 Å². The fourth-order valence-electron chi connectivity index (χ4n) is 5.69. The first kappa shape index (κ1) is 46.7. The first-order valence-electron chi connectivity index (χ1n) is 19.2. The molecule has 2 aromatic rings. The van der Waals surface area contributed by atoms with E-state index in [2.05, 4.69) is 24.5 Å². The molecule has 0 fully saturated rings. The molecule has 0 heterocycles. The Balaban J connectivity index is 2.19. The summed E-state index contributed by atoms with van der Waals surface area (Å²) in [4.78, 5) is 24.9. The number of nitrogens with zero attached hydrogens (tertiary/aromatic N) is 2. The van der Waals surface area contributed by atoms with Crippen molar-refractivity contribution >= 4 is 18.0 Å². The van der Waals surface area contributed by atoms with Crippen molar-refractivity contribution in [2.45, 2.75) is 108 Å². The fraction of sp³-hybridized carbons (Fsp3) is 0.625. The lowest BCUT2D eigenvalue weighted by atomic mass is 10.00. The highest BCUT2D eigenvalue weighted by atomic mass is 16.6. The first-order valence-corrected chi connectivity index (χ1v) is 19.2. The molecule has 1 atom stereocenters. The molecule has 14 nitrogen and oxygen atoms in total. The summed E-state index contributed by atoms with van der Waals surface area (Å²) in [7, 11) is 0. The van der Waals surface area contributed by atoms with Gasteiger partial charge in [-0.05, 0) is 41.7 Å². The van der Waals surface area contributed by atoms with Crippen LogP contribution in [0.3, 0.4) is 0 Å². The molecule has 14 heteroatoms. The van der Waals surface area contributed by atoms with Gasteiger partial charge in [0.15, 0.2) is 12.4 Å². The number of aliphatic hydroxyl groups is 5. The van der Waals surface area contributed by atoms with Crippen LogP contribution < -0.4 is 10.6 Å². The summed E-state index contributed by atoms with van der Waals surface area (Å²) >= 11 is 0. The summed E-state index contributed by atoms with van der Waals surface area (Å²) in [5.41, 5.74) is -2.08. The molecule has 0 aliphatic rings. The van der Waals surface area contributed by atoms with E-state index in [1.807, 2.05) is 0 Å². The van der Waals surface area contributed by atoms with E-state index in [9.17, 15) is 45.5 Å². The molecular weight excluding hydrogens is 696 g/mol. The summed E-state index contributed by atoms with van der Waals surface area (Å²) in [6.07, 6.45) is 10.6. The Hall–Kier alpha value is -3.47. The number of carbonyl (C=O) groups is 2. The second kappa shape index (κ2) is 25.6. The molecule has 1 radical (unpaired) electrons. The molecule has 2 amide bonds. The SMILES string of the molecule is CCCCCCCNC(=O)Cc1ccc(/C=[N+](\[O-])C(CO)(CO)COC(c2ccc(CC(=O)NCCCCCCC)cc2)N([O])C(CO)(CO)CO)cc1. The van der Waals surface area contributed by atoms with Crippen LogP contribution in [0.25, 0.3) is 0 Å². The monoisotopic (exact) mass is 759 g/mol. The third-order valence-corrected chi connectivity index (χ3v) is 9.57. The number of nitrogens with one attached hydrogen (secondary N) is 2. The zero-order valence-electron chi connectivity index (χ0n) is 32.1. The number of aliphatic hydroxyl groups excluding tert-OH is 5. The second-order valence-corrected chi connectivity index (χ2v) is 14.0. The highest BCUT2D eigenvalue weighted by molar-refractivity contribution is 5.80. The Bertz CT molecular complexity index is 1360. The van der Waals surface area contributed by atoms with Gasteiger partial charge >= 0.3 is 0 Å². The van der Waals surface area contributed by atoms with Gasteiger partial charge in [0.2, 0.25) is 17.4 Å². The number of unbranched alkanes of at least 4 members (excludes halogenated alkanes) is 8. The highest BCUT2D eigenvalue weighted by Crippen LogP contribution is 2.30. The number of amides is 2. The molecule has 2 rings (SSSR count). The van der Waals surface area contributed by atoms with Crippen molar-refractivity contribution in [1.82, 2.24) is 15.7 Å². The fourth-order valence-corrected chi connectivity index (χ4v) is 5.69. The van der Waals surface area contributed by atoms with Gasteiger partial charge in [-0.3, -0.25) is 9.59 Å². The minimum Gasteiger partial charge on any atom is -0.623 e.